The minimum absolute atomic E-state index is 0.0416. The molecule has 2 rings (SSSR count). The van der Waals surface area contributed by atoms with Gasteiger partial charge in [0, 0.05) is 15.6 Å². The third kappa shape index (κ3) is 3.13. The lowest BCUT2D eigenvalue weighted by molar-refractivity contribution is -0.0712. The van der Waals surface area contributed by atoms with Gasteiger partial charge in [-0.05, 0) is 52.3 Å². The average molecular weight is 301 g/mol. The number of benzene rings is 1. The fourth-order valence-electron chi connectivity index (χ4n) is 2.87. The third-order valence-electron chi connectivity index (χ3n) is 3.54. The van der Waals surface area contributed by atoms with Crippen molar-refractivity contribution in [3.05, 3.63) is 33.8 Å². The zero-order valence-corrected chi connectivity index (χ0v) is 13.1. The van der Waals surface area contributed by atoms with Gasteiger partial charge in [0.1, 0.15) is 0 Å². The maximum absolute atomic E-state index is 12.7. The Balaban J connectivity index is 2.34. The van der Waals surface area contributed by atoms with Gasteiger partial charge in [-0.3, -0.25) is 4.79 Å². The van der Waals surface area contributed by atoms with E-state index >= 15 is 0 Å². The highest BCUT2D eigenvalue weighted by atomic mass is 35.5. The van der Waals surface area contributed by atoms with E-state index in [9.17, 15) is 4.79 Å². The molecule has 0 amide bonds. The predicted octanol–water partition coefficient (Wildman–Crippen LogP) is 4.77. The Morgan fingerprint density at radius 3 is 2.11 bits per heavy atom. The van der Waals surface area contributed by atoms with Crippen LogP contribution in [0.1, 0.15) is 44.5 Å². The summed E-state index contributed by atoms with van der Waals surface area (Å²) in [7, 11) is 0. The van der Waals surface area contributed by atoms with E-state index in [0.29, 0.717) is 22.0 Å². The highest BCUT2D eigenvalue weighted by Gasteiger charge is 2.49. The maximum Gasteiger partial charge on any atom is 0.169 e. The second-order valence-electron chi connectivity index (χ2n) is 6.24. The summed E-state index contributed by atoms with van der Waals surface area (Å²) in [6.07, 6.45) is 0.697. The largest absolute Gasteiger partial charge is 0.369 e. The fraction of sp³-hybridized carbons (Fsp3) is 0.533. The van der Waals surface area contributed by atoms with Crippen LogP contribution in [0.15, 0.2) is 18.2 Å². The number of hydrogen-bond donors (Lipinski definition) is 0. The molecule has 1 aliphatic rings. The van der Waals surface area contributed by atoms with Gasteiger partial charge in [0.2, 0.25) is 0 Å². The third-order valence-corrected chi connectivity index (χ3v) is 3.97. The minimum atomic E-state index is -0.477. The average Bonchev–Trinajstić information content (AvgIpc) is 2.44. The summed E-state index contributed by atoms with van der Waals surface area (Å²) in [4.78, 5) is 12.7. The number of halogens is 2. The first-order valence-corrected chi connectivity index (χ1v) is 7.07. The van der Waals surface area contributed by atoms with Gasteiger partial charge in [-0.25, -0.2) is 0 Å². The molecule has 1 atom stereocenters. The molecule has 0 aliphatic carbocycles. The van der Waals surface area contributed by atoms with Crippen LogP contribution in [0.4, 0.5) is 0 Å². The van der Waals surface area contributed by atoms with Crippen LogP contribution >= 0.6 is 23.2 Å². The van der Waals surface area contributed by atoms with Gasteiger partial charge in [-0.1, -0.05) is 23.2 Å². The van der Waals surface area contributed by atoms with Crippen LogP contribution in [0.3, 0.4) is 0 Å². The van der Waals surface area contributed by atoms with E-state index in [-0.39, 0.29) is 17.3 Å². The van der Waals surface area contributed by atoms with Crippen molar-refractivity contribution in [1.82, 2.24) is 0 Å². The summed E-state index contributed by atoms with van der Waals surface area (Å²) in [6.45, 7) is 7.92. The number of rotatable bonds is 2. The lowest BCUT2D eigenvalue weighted by Crippen LogP contribution is -2.33. The van der Waals surface area contributed by atoms with E-state index in [1.54, 1.807) is 18.2 Å². The number of carbonyl (C=O) groups is 1. The molecule has 4 heteroatoms. The van der Waals surface area contributed by atoms with Gasteiger partial charge in [-0.15, -0.1) is 0 Å². The summed E-state index contributed by atoms with van der Waals surface area (Å²) >= 11 is 11.9. The van der Waals surface area contributed by atoms with Crippen molar-refractivity contribution >= 4 is 29.0 Å². The van der Waals surface area contributed by atoms with Crippen LogP contribution in [-0.4, -0.2) is 17.0 Å². The van der Waals surface area contributed by atoms with Crippen LogP contribution in [0, 0.1) is 5.92 Å². The minimum Gasteiger partial charge on any atom is -0.369 e. The second kappa shape index (κ2) is 4.76. The Hall–Kier alpha value is -0.570. The van der Waals surface area contributed by atoms with Gasteiger partial charge >= 0.3 is 0 Å². The molecule has 0 radical (unpaired) electrons. The van der Waals surface area contributed by atoms with Crippen LogP contribution in [-0.2, 0) is 4.74 Å². The van der Waals surface area contributed by atoms with Gasteiger partial charge < -0.3 is 4.74 Å². The molecule has 1 aliphatic heterocycles. The Labute approximate surface area is 124 Å². The molecule has 0 saturated carbocycles. The molecule has 1 saturated heterocycles. The van der Waals surface area contributed by atoms with E-state index in [0.717, 1.165) is 0 Å². The van der Waals surface area contributed by atoms with Gasteiger partial charge in [0.05, 0.1) is 17.1 Å². The summed E-state index contributed by atoms with van der Waals surface area (Å²) in [5, 5.41) is 0.957. The lowest BCUT2D eigenvalue weighted by Gasteiger charge is -2.26. The molecule has 2 nitrogen and oxygen atoms in total. The second-order valence-corrected chi connectivity index (χ2v) is 7.12. The molecule has 0 spiro atoms. The molecule has 1 aromatic rings. The smallest absolute Gasteiger partial charge is 0.169 e. The number of Topliss-reactive ketones (excluding diaryl/α,β-unsaturated/α-hetero) is 1. The highest BCUT2D eigenvalue weighted by molar-refractivity contribution is 6.35. The van der Waals surface area contributed by atoms with Gasteiger partial charge in [0.25, 0.3) is 0 Å². The van der Waals surface area contributed by atoms with E-state index in [2.05, 4.69) is 0 Å². The maximum atomic E-state index is 12.7. The topological polar surface area (TPSA) is 26.3 Å². The lowest BCUT2D eigenvalue weighted by atomic mass is 9.82. The number of carbonyl (C=O) groups excluding carboxylic acids is 1. The number of hydrogen-bond acceptors (Lipinski definition) is 2. The highest BCUT2D eigenvalue weighted by Crippen LogP contribution is 2.43. The zero-order chi connectivity index (χ0) is 14.4. The fourth-order valence-corrected chi connectivity index (χ4v) is 3.39. The Bertz CT molecular complexity index is 501. The normalized spacial score (nSPS) is 24.4. The van der Waals surface area contributed by atoms with Crippen LogP contribution in [0.2, 0.25) is 10.0 Å². The van der Waals surface area contributed by atoms with Crippen molar-refractivity contribution in [2.24, 2.45) is 5.92 Å². The quantitative estimate of drug-likeness (QED) is 0.735. The standard InChI is InChI=1S/C15H18Cl2O2/c1-14(2)8-12(15(3,4)19-14)13(18)9-5-10(16)7-11(17)6-9/h5-7,12H,8H2,1-4H3. The van der Waals surface area contributed by atoms with Crippen molar-refractivity contribution < 1.29 is 9.53 Å². The molecule has 0 aromatic heterocycles. The monoisotopic (exact) mass is 300 g/mol. The van der Waals surface area contributed by atoms with E-state index in [1.807, 2.05) is 27.7 Å². The molecule has 104 valence electrons. The summed E-state index contributed by atoms with van der Waals surface area (Å²) < 4.78 is 5.97. The van der Waals surface area contributed by atoms with E-state index < -0.39 is 5.60 Å². The van der Waals surface area contributed by atoms with Crippen molar-refractivity contribution in [3.63, 3.8) is 0 Å². The first-order valence-electron chi connectivity index (χ1n) is 6.31. The summed E-state index contributed by atoms with van der Waals surface area (Å²) in [6, 6.07) is 4.95. The molecule has 1 fully saturated rings. The van der Waals surface area contributed by atoms with Gasteiger partial charge in [0.15, 0.2) is 5.78 Å². The van der Waals surface area contributed by atoms with Crippen LogP contribution in [0.25, 0.3) is 0 Å². The first-order chi connectivity index (χ1) is 8.61. The van der Waals surface area contributed by atoms with Crippen molar-refractivity contribution in [3.8, 4) is 0 Å². The van der Waals surface area contributed by atoms with Crippen LogP contribution < -0.4 is 0 Å². The number of ketones is 1. The van der Waals surface area contributed by atoms with E-state index in [4.69, 9.17) is 27.9 Å². The summed E-state index contributed by atoms with van der Waals surface area (Å²) in [5.41, 5.74) is -0.210. The zero-order valence-electron chi connectivity index (χ0n) is 11.6. The number of ether oxygens (including phenoxy) is 1. The molecule has 1 aromatic carbocycles. The molecule has 0 N–H and O–H groups in total. The van der Waals surface area contributed by atoms with Gasteiger partial charge in [-0.2, -0.15) is 0 Å². The SMILES string of the molecule is CC1(C)CC(C(=O)c2cc(Cl)cc(Cl)c2)C(C)(C)O1. The summed E-state index contributed by atoms with van der Waals surface area (Å²) in [5.74, 6) is -0.142. The Morgan fingerprint density at radius 1 is 1.16 bits per heavy atom. The molecule has 0 bridgehead atoms. The van der Waals surface area contributed by atoms with Crippen molar-refractivity contribution in [2.75, 3.05) is 0 Å². The predicted molar refractivity (Wildman–Crippen MR) is 78.1 cm³/mol. The van der Waals surface area contributed by atoms with Crippen molar-refractivity contribution in [2.45, 2.75) is 45.3 Å². The van der Waals surface area contributed by atoms with E-state index in [1.165, 1.54) is 0 Å². The Morgan fingerprint density at radius 2 is 1.68 bits per heavy atom. The molecular formula is C15H18Cl2O2. The molecular weight excluding hydrogens is 283 g/mol. The molecule has 19 heavy (non-hydrogen) atoms. The van der Waals surface area contributed by atoms with Crippen LogP contribution in [0.5, 0.6) is 0 Å². The van der Waals surface area contributed by atoms with Crippen molar-refractivity contribution in [1.29, 1.82) is 0 Å². The first kappa shape index (κ1) is 14.8. The Kier molecular flexibility index (Phi) is 3.72. The molecule has 1 heterocycles. The molecule has 1 unspecified atom stereocenters.